The average molecular weight is 433 g/mol. The maximum Gasteiger partial charge on any atom is 0.162 e. The number of anilines is 3. The summed E-state index contributed by atoms with van der Waals surface area (Å²) in [6, 6.07) is 25.4. The number of aliphatic imine (C=N–C) groups is 1. The highest BCUT2D eigenvalue weighted by atomic mass is 79.9. The lowest BCUT2D eigenvalue weighted by Gasteiger charge is -2.40. The average Bonchev–Trinajstić information content (AvgIpc) is 3.09. The van der Waals surface area contributed by atoms with Gasteiger partial charge in [0, 0.05) is 22.8 Å². The van der Waals surface area contributed by atoms with Gasteiger partial charge in [-0.2, -0.15) is 0 Å². The van der Waals surface area contributed by atoms with Crippen LogP contribution in [0.15, 0.2) is 82.3 Å². The Morgan fingerprint density at radius 1 is 0.964 bits per heavy atom. The van der Waals surface area contributed by atoms with Gasteiger partial charge in [-0.1, -0.05) is 51.8 Å². The molecule has 0 aliphatic carbocycles. The fraction of sp³-hybridized carbons (Fsp3) is 0.174. The summed E-state index contributed by atoms with van der Waals surface area (Å²) in [6.45, 7) is 2.12. The zero-order valence-corrected chi connectivity index (χ0v) is 17.4. The topological polar surface area (TPSA) is 30.9 Å². The number of aryl methyl sites for hydroxylation is 1. The number of fused-ring (bicyclic) bond motifs is 2. The molecule has 5 rings (SSSR count). The number of hydrogen-bond donors (Lipinski definition) is 1. The van der Waals surface area contributed by atoms with E-state index >= 15 is 0 Å². The van der Waals surface area contributed by atoms with Crippen LogP contribution in [-0.2, 0) is 0 Å². The lowest BCUT2D eigenvalue weighted by Crippen LogP contribution is -2.53. The molecule has 28 heavy (non-hydrogen) atoms. The first-order valence-electron chi connectivity index (χ1n) is 9.40. The summed E-state index contributed by atoms with van der Waals surface area (Å²) in [4.78, 5) is 9.76. The Kier molecular flexibility index (Phi) is 4.13. The number of benzene rings is 3. The quantitative estimate of drug-likeness (QED) is 0.600. The van der Waals surface area contributed by atoms with Gasteiger partial charge in [0.25, 0.3) is 0 Å². The lowest BCUT2D eigenvalue weighted by atomic mass is 10.1. The number of nitrogens with zero attached hydrogens (tertiary/aromatic N) is 3. The Labute approximate surface area is 173 Å². The second kappa shape index (κ2) is 6.67. The second-order valence-corrected chi connectivity index (χ2v) is 8.22. The lowest BCUT2D eigenvalue weighted by molar-refractivity contribution is 0.578. The molecule has 0 radical (unpaired) electrons. The van der Waals surface area contributed by atoms with Gasteiger partial charge in [0.2, 0.25) is 0 Å². The molecule has 0 amide bonds. The van der Waals surface area contributed by atoms with E-state index in [1.165, 1.54) is 11.3 Å². The summed E-state index contributed by atoms with van der Waals surface area (Å²) in [6.07, 6.45) is 0.0191. The molecule has 3 aromatic rings. The van der Waals surface area contributed by atoms with E-state index in [2.05, 4.69) is 118 Å². The third kappa shape index (κ3) is 2.78. The largest absolute Gasteiger partial charge is 0.360 e. The van der Waals surface area contributed by atoms with Crippen molar-refractivity contribution in [1.29, 1.82) is 0 Å². The number of halogens is 1. The third-order valence-corrected chi connectivity index (χ3v) is 5.94. The zero-order valence-electron chi connectivity index (χ0n) is 15.8. The molecule has 5 heteroatoms. The van der Waals surface area contributed by atoms with Crippen LogP contribution in [0.25, 0.3) is 0 Å². The molecule has 2 unspecified atom stereocenters. The van der Waals surface area contributed by atoms with Gasteiger partial charge in [0.05, 0.1) is 11.4 Å². The molecule has 0 fully saturated rings. The van der Waals surface area contributed by atoms with E-state index in [1.807, 2.05) is 0 Å². The number of hydrogen-bond acceptors (Lipinski definition) is 4. The van der Waals surface area contributed by atoms with E-state index in [1.54, 1.807) is 0 Å². The first-order chi connectivity index (χ1) is 13.6. The molecule has 2 aliphatic rings. The number of para-hydroxylation sites is 2. The summed E-state index contributed by atoms with van der Waals surface area (Å²) in [7, 11) is 2.12. The molecule has 140 valence electrons. The highest BCUT2D eigenvalue weighted by Crippen LogP contribution is 2.39. The van der Waals surface area contributed by atoms with Crippen molar-refractivity contribution < 1.29 is 0 Å². The minimum Gasteiger partial charge on any atom is -0.360 e. The minimum atomic E-state index is -0.00550. The maximum absolute atomic E-state index is 5.18. The summed E-state index contributed by atoms with van der Waals surface area (Å²) in [5.74, 6) is 0.994. The molecule has 3 aromatic carbocycles. The van der Waals surface area contributed by atoms with Crippen LogP contribution in [0.2, 0.25) is 0 Å². The first-order valence-corrected chi connectivity index (χ1v) is 10.2. The van der Waals surface area contributed by atoms with Gasteiger partial charge >= 0.3 is 0 Å². The van der Waals surface area contributed by atoms with Gasteiger partial charge in [-0.15, -0.1) is 0 Å². The van der Waals surface area contributed by atoms with Gasteiger partial charge in [-0.3, -0.25) is 0 Å². The Morgan fingerprint density at radius 3 is 2.54 bits per heavy atom. The SMILES string of the molecule is Cc1cccc(C2=NC3C(Nc4ccccc4N3C)N2c2ccc(Br)cc2)c1. The van der Waals surface area contributed by atoms with Crippen LogP contribution < -0.4 is 15.1 Å². The normalized spacial score (nSPS) is 20.3. The molecule has 2 heterocycles. The fourth-order valence-electron chi connectivity index (χ4n) is 4.05. The van der Waals surface area contributed by atoms with Crippen molar-refractivity contribution in [1.82, 2.24) is 0 Å². The standard InChI is InChI=1S/C23H21BrN4/c1-15-6-5-7-16(14-15)21-26-22-23(28(21)18-12-10-17(24)11-13-18)25-19-8-3-4-9-20(19)27(22)2/h3-14,22-23,25H,1-2H3. The van der Waals surface area contributed by atoms with E-state index in [-0.39, 0.29) is 12.3 Å². The van der Waals surface area contributed by atoms with Gasteiger partial charge in [-0.05, 0) is 49.4 Å². The molecule has 0 aromatic heterocycles. The van der Waals surface area contributed by atoms with Crippen molar-refractivity contribution in [2.24, 2.45) is 4.99 Å². The smallest absolute Gasteiger partial charge is 0.162 e. The summed E-state index contributed by atoms with van der Waals surface area (Å²) < 4.78 is 1.07. The van der Waals surface area contributed by atoms with E-state index in [0.717, 1.165) is 27.2 Å². The van der Waals surface area contributed by atoms with Crippen LogP contribution in [0.3, 0.4) is 0 Å². The first kappa shape index (κ1) is 17.3. The number of amidine groups is 1. The minimum absolute atomic E-state index is 0.00550. The Bertz CT molecular complexity index is 1060. The Hall–Kier alpha value is -2.79. The number of likely N-dealkylation sites (N-methyl/N-ethyl adjacent to an activating group) is 1. The monoisotopic (exact) mass is 432 g/mol. The third-order valence-electron chi connectivity index (χ3n) is 5.41. The van der Waals surface area contributed by atoms with Crippen LogP contribution >= 0.6 is 15.9 Å². The van der Waals surface area contributed by atoms with E-state index in [0.29, 0.717) is 0 Å². The molecule has 0 spiro atoms. The molecule has 1 N–H and O–H groups in total. The summed E-state index contributed by atoms with van der Waals surface area (Å²) >= 11 is 3.55. The Balaban J connectivity index is 1.65. The maximum atomic E-state index is 5.18. The highest BCUT2D eigenvalue weighted by molar-refractivity contribution is 9.10. The van der Waals surface area contributed by atoms with Crippen LogP contribution in [0, 0.1) is 6.92 Å². The van der Waals surface area contributed by atoms with Crippen molar-refractivity contribution in [3.05, 3.63) is 88.4 Å². The molecule has 2 aliphatic heterocycles. The van der Waals surface area contributed by atoms with Gasteiger partial charge in [-0.25, -0.2) is 4.99 Å². The molecule has 0 bridgehead atoms. The molecular weight excluding hydrogens is 412 g/mol. The molecule has 0 saturated heterocycles. The second-order valence-electron chi connectivity index (χ2n) is 7.30. The fourth-order valence-corrected chi connectivity index (χ4v) is 4.31. The van der Waals surface area contributed by atoms with Gasteiger partial charge < -0.3 is 15.1 Å². The van der Waals surface area contributed by atoms with Crippen molar-refractivity contribution in [2.45, 2.75) is 19.3 Å². The van der Waals surface area contributed by atoms with Crippen molar-refractivity contribution in [2.75, 3.05) is 22.2 Å². The molecular formula is C23H21BrN4. The van der Waals surface area contributed by atoms with E-state index in [4.69, 9.17) is 4.99 Å². The zero-order chi connectivity index (χ0) is 19.3. The van der Waals surface area contributed by atoms with Crippen LogP contribution in [-0.4, -0.2) is 25.2 Å². The van der Waals surface area contributed by atoms with Gasteiger partial charge in [0.1, 0.15) is 12.0 Å². The van der Waals surface area contributed by atoms with Crippen molar-refractivity contribution in [3.8, 4) is 0 Å². The van der Waals surface area contributed by atoms with Crippen LogP contribution in [0.4, 0.5) is 17.1 Å². The van der Waals surface area contributed by atoms with Crippen molar-refractivity contribution >= 4 is 38.8 Å². The van der Waals surface area contributed by atoms with E-state index in [9.17, 15) is 0 Å². The Morgan fingerprint density at radius 2 is 1.75 bits per heavy atom. The van der Waals surface area contributed by atoms with E-state index < -0.39 is 0 Å². The summed E-state index contributed by atoms with van der Waals surface area (Å²) in [5.41, 5.74) is 5.80. The molecule has 2 atom stereocenters. The number of rotatable bonds is 2. The predicted octanol–water partition coefficient (Wildman–Crippen LogP) is 5.24. The number of nitrogens with one attached hydrogen (secondary N) is 1. The predicted molar refractivity (Wildman–Crippen MR) is 120 cm³/mol. The highest BCUT2D eigenvalue weighted by Gasteiger charge is 2.43. The van der Waals surface area contributed by atoms with Crippen LogP contribution in [0.5, 0.6) is 0 Å². The van der Waals surface area contributed by atoms with Crippen molar-refractivity contribution in [3.63, 3.8) is 0 Å². The van der Waals surface area contributed by atoms with Crippen LogP contribution in [0.1, 0.15) is 11.1 Å². The molecule has 4 nitrogen and oxygen atoms in total. The van der Waals surface area contributed by atoms with Gasteiger partial charge in [0.15, 0.2) is 6.17 Å². The molecule has 0 saturated carbocycles. The summed E-state index contributed by atoms with van der Waals surface area (Å²) in [5, 5.41) is 3.72.